The number of rotatable bonds is 7. The number of benzene rings is 1. The molecule has 0 aliphatic heterocycles. The Kier molecular flexibility index (Phi) is 5.52. The van der Waals surface area contributed by atoms with E-state index in [0.29, 0.717) is 12.6 Å². The molecule has 0 fully saturated rings. The lowest BCUT2D eigenvalue weighted by molar-refractivity contribution is 0.227. The molecule has 0 spiro atoms. The number of hydrogen-bond donors (Lipinski definition) is 1. The van der Waals surface area contributed by atoms with Crippen molar-refractivity contribution in [2.75, 3.05) is 19.1 Å². The fourth-order valence-corrected chi connectivity index (χ4v) is 2.97. The van der Waals surface area contributed by atoms with Gasteiger partial charge < -0.3 is 10.2 Å². The van der Waals surface area contributed by atoms with Gasteiger partial charge in [-0.25, -0.2) is 0 Å². The summed E-state index contributed by atoms with van der Waals surface area (Å²) in [6, 6.07) is 8.67. The van der Waals surface area contributed by atoms with E-state index in [-0.39, 0.29) is 0 Å². The molecule has 4 heteroatoms. The van der Waals surface area contributed by atoms with Crippen LogP contribution in [0.5, 0.6) is 0 Å². The van der Waals surface area contributed by atoms with Crippen molar-refractivity contribution in [1.29, 1.82) is 0 Å². The minimum absolute atomic E-state index is 0.527. The molecule has 0 aliphatic rings. The Morgan fingerprint density at radius 3 is 2.80 bits per heavy atom. The van der Waals surface area contributed by atoms with Crippen molar-refractivity contribution >= 4 is 22.7 Å². The number of nitrogens with zero attached hydrogens (tertiary/aromatic N) is 1. The second-order valence-corrected chi connectivity index (χ2v) is 6.24. The Morgan fingerprint density at radius 2 is 2.10 bits per heavy atom. The van der Waals surface area contributed by atoms with Gasteiger partial charge in [0.1, 0.15) is 11.3 Å². The fraction of sp³-hybridized carbons (Fsp3) is 0.500. The van der Waals surface area contributed by atoms with Crippen LogP contribution in [-0.4, -0.2) is 30.0 Å². The number of furan rings is 1. The van der Waals surface area contributed by atoms with Crippen LogP contribution in [0.25, 0.3) is 11.0 Å². The molecule has 1 aromatic carbocycles. The molecule has 0 bridgehead atoms. The van der Waals surface area contributed by atoms with Crippen molar-refractivity contribution in [3.63, 3.8) is 0 Å². The minimum atomic E-state index is 0.527. The van der Waals surface area contributed by atoms with Crippen molar-refractivity contribution in [2.24, 2.45) is 5.73 Å². The number of thioether (sulfide) groups is 1. The predicted molar refractivity (Wildman–Crippen MR) is 88.0 cm³/mol. The molecule has 0 aliphatic carbocycles. The summed E-state index contributed by atoms with van der Waals surface area (Å²) in [7, 11) is 2.15. The highest BCUT2D eigenvalue weighted by molar-refractivity contribution is 7.98. The van der Waals surface area contributed by atoms with E-state index in [9.17, 15) is 0 Å². The maximum absolute atomic E-state index is 5.99. The molecule has 1 aromatic heterocycles. The molecular weight excluding hydrogens is 268 g/mol. The van der Waals surface area contributed by atoms with E-state index >= 15 is 0 Å². The van der Waals surface area contributed by atoms with Gasteiger partial charge in [-0.2, -0.15) is 11.8 Å². The highest BCUT2D eigenvalue weighted by Crippen LogP contribution is 2.26. The first-order valence-electron chi connectivity index (χ1n) is 7.06. The van der Waals surface area contributed by atoms with E-state index in [0.717, 1.165) is 28.8 Å². The van der Waals surface area contributed by atoms with E-state index < -0.39 is 0 Å². The maximum atomic E-state index is 5.99. The summed E-state index contributed by atoms with van der Waals surface area (Å²) in [6.07, 6.45) is 3.34. The average Bonchev–Trinajstić information content (AvgIpc) is 2.81. The van der Waals surface area contributed by atoms with Gasteiger partial charge in [0.2, 0.25) is 0 Å². The van der Waals surface area contributed by atoms with E-state index in [1.807, 2.05) is 30.0 Å². The monoisotopic (exact) mass is 292 g/mol. The van der Waals surface area contributed by atoms with Gasteiger partial charge in [0.15, 0.2) is 0 Å². The van der Waals surface area contributed by atoms with E-state index in [1.165, 1.54) is 12.2 Å². The molecule has 1 unspecified atom stereocenters. The summed E-state index contributed by atoms with van der Waals surface area (Å²) < 4.78 is 5.99. The SMILES string of the molecule is CSCCC(C)N(C)Cc1oc2ccccc2c1CN. The Bertz CT molecular complexity index is 552. The largest absolute Gasteiger partial charge is 0.459 e. The van der Waals surface area contributed by atoms with Crippen LogP contribution in [0.1, 0.15) is 24.7 Å². The molecule has 2 N–H and O–H groups in total. The quantitative estimate of drug-likeness (QED) is 0.848. The van der Waals surface area contributed by atoms with Crippen molar-refractivity contribution in [3.05, 3.63) is 35.6 Å². The lowest BCUT2D eigenvalue weighted by Crippen LogP contribution is -2.29. The van der Waals surface area contributed by atoms with E-state index in [4.69, 9.17) is 10.2 Å². The molecular formula is C16H24N2OS. The molecule has 0 saturated carbocycles. The van der Waals surface area contributed by atoms with Crippen LogP contribution in [0, 0.1) is 0 Å². The number of hydrogen-bond acceptors (Lipinski definition) is 4. The maximum Gasteiger partial charge on any atom is 0.134 e. The number of nitrogens with two attached hydrogens (primary N) is 1. The van der Waals surface area contributed by atoms with E-state index in [2.05, 4.69) is 31.2 Å². The van der Waals surface area contributed by atoms with Crippen LogP contribution in [0.2, 0.25) is 0 Å². The summed E-state index contributed by atoms with van der Waals surface area (Å²) in [5, 5.41) is 1.15. The average molecular weight is 292 g/mol. The van der Waals surface area contributed by atoms with Gasteiger partial charge in [0, 0.05) is 23.5 Å². The van der Waals surface area contributed by atoms with Crippen LogP contribution < -0.4 is 5.73 Å². The lowest BCUT2D eigenvalue weighted by Gasteiger charge is -2.23. The Labute approximate surface area is 125 Å². The van der Waals surface area contributed by atoms with Gasteiger partial charge in [-0.15, -0.1) is 0 Å². The zero-order chi connectivity index (χ0) is 14.5. The van der Waals surface area contributed by atoms with Gasteiger partial charge in [-0.1, -0.05) is 18.2 Å². The number of para-hydroxylation sites is 1. The topological polar surface area (TPSA) is 42.4 Å². The smallest absolute Gasteiger partial charge is 0.134 e. The van der Waals surface area contributed by atoms with E-state index in [1.54, 1.807) is 0 Å². The van der Waals surface area contributed by atoms with Crippen molar-refractivity contribution in [3.8, 4) is 0 Å². The molecule has 3 nitrogen and oxygen atoms in total. The van der Waals surface area contributed by atoms with Crippen LogP contribution in [0.3, 0.4) is 0 Å². The zero-order valence-electron chi connectivity index (χ0n) is 12.6. The van der Waals surface area contributed by atoms with Crippen molar-refractivity contribution in [2.45, 2.75) is 32.5 Å². The normalized spacial score (nSPS) is 13.2. The first-order chi connectivity index (χ1) is 9.67. The van der Waals surface area contributed by atoms with Gasteiger partial charge in [0.05, 0.1) is 6.54 Å². The van der Waals surface area contributed by atoms with Crippen LogP contribution in [0.15, 0.2) is 28.7 Å². The molecule has 0 saturated heterocycles. The first kappa shape index (κ1) is 15.4. The third-order valence-electron chi connectivity index (χ3n) is 3.87. The molecule has 0 radical (unpaired) electrons. The molecule has 2 aromatic rings. The highest BCUT2D eigenvalue weighted by atomic mass is 32.2. The summed E-state index contributed by atoms with van der Waals surface area (Å²) in [5.41, 5.74) is 7.99. The number of fused-ring (bicyclic) bond motifs is 1. The van der Waals surface area contributed by atoms with Crippen molar-refractivity contribution in [1.82, 2.24) is 4.90 Å². The van der Waals surface area contributed by atoms with Gasteiger partial charge in [-0.05, 0) is 38.5 Å². The van der Waals surface area contributed by atoms with Crippen LogP contribution >= 0.6 is 11.8 Å². The first-order valence-corrected chi connectivity index (χ1v) is 8.45. The van der Waals surface area contributed by atoms with Crippen LogP contribution in [-0.2, 0) is 13.1 Å². The van der Waals surface area contributed by atoms with Gasteiger partial charge in [-0.3, -0.25) is 4.90 Å². The molecule has 110 valence electrons. The second-order valence-electron chi connectivity index (χ2n) is 5.25. The Hall–Kier alpha value is -0.970. The predicted octanol–water partition coefficient (Wildman–Crippen LogP) is 3.46. The van der Waals surface area contributed by atoms with Gasteiger partial charge in [0.25, 0.3) is 0 Å². The standard InChI is InChI=1S/C16H24N2OS/c1-12(8-9-20-3)18(2)11-16-14(10-17)13-6-4-5-7-15(13)19-16/h4-7,12H,8-11,17H2,1-3H3. The summed E-state index contributed by atoms with van der Waals surface area (Å²) in [5.74, 6) is 2.20. The second kappa shape index (κ2) is 7.16. The molecule has 20 heavy (non-hydrogen) atoms. The third-order valence-corrected chi connectivity index (χ3v) is 4.52. The summed E-state index contributed by atoms with van der Waals surface area (Å²) in [6.45, 7) is 3.61. The molecule has 0 amide bonds. The Balaban J connectivity index is 2.16. The zero-order valence-corrected chi connectivity index (χ0v) is 13.4. The Morgan fingerprint density at radius 1 is 1.35 bits per heavy atom. The summed E-state index contributed by atoms with van der Waals surface area (Å²) >= 11 is 1.90. The minimum Gasteiger partial charge on any atom is -0.459 e. The lowest BCUT2D eigenvalue weighted by atomic mass is 10.1. The fourth-order valence-electron chi connectivity index (χ4n) is 2.39. The highest BCUT2D eigenvalue weighted by Gasteiger charge is 2.16. The molecule has 2 rings (SSSR count). The summed E-state index contributed by atoms with van der Waals surface area (Å²) in [4.78, 5) is 2.34. The van der Waals surface area contributed by atoms with Gasteiger partial charge >= 0.3 is 0 Å². The molecule has 1 atom stereocenters. The third kappa shape index (κ3) is 3.37. The molecule has 1 heterocycles. The van der Waals surface area contributed by atoms with Crippen LogP contribution in [0.4, 0.5) is 0 Å². The van der Waals surface area contributed by atoms with Crippen molar-refractivity contribution < 1.29 is 4.42 Å².